The Balaban J connectivity index is 2.01. The maximum absolute atomic E-state index is 12.3. The number of carbonyl (C=O) groups excluding carboxylic acids is 1. The molecular formula is C15H13ClO3. The van der Waals surface area contributed by atoms with Crippen molar-refractivity contribution < 1.29 is 13.9 Å². The Kier molecular flexibility index (Phi) is 2.68. The highest BCUT2D eigenvalue weighted by atomic mass is 35.5. The summed E-state index contributed by atoms with van der Waals surface area (Å²) >= 11 is 5.69. The second-order valence-corrected chi connectivity index (χ2v) is 5.69. The van der Waals surface area contributed by atoms with Crippen molar-refractivity contribution in [2.75, 3.05) is 6.61 Å². The molecule has 1 aliphatic heterocycles. The van der Waals surface area contributed by atoms with Gasteiger partial charge in [0, 0.05) is 16.5 Å². The molecule has 0 fully saturated rings. The van der Waals surface area contributed by atoms with E-state index in [-0.39, 0.29) is 22.2 Å². The van der Waals surface area contributed by atoms with Gasteiger partial charge in [0.05, 0.1) is 6.61 Å². The zero-order valence-electron chi connectivity index (χ0n) is 10.7. The van der Waals surface area contributed by atoms with Gasteiger partial charge in [0.2, 0.25) is 5.78 Å². The summed E-state index contributed by atoms with van der Waals surface area (Å²) in [7, 11) is 0. The van der Waals surface area contributed by atoms with Gasteiger partial charge >= 0.3 is 0 Å². The molecule has 0 saturated carbocycles. The summed E-state index contributed by atoms with van der Waals surface area (Å²) in [6.07, 6.45) is 0. The average Bonchev–Trinajstić information content (AvgIpc) is 2.93. The predicted octanol–water partition coefficient (Wildman–Crippen LogP) is 3.83. The summed E-state index contributed by atoms with van der Waals surface area (Å²) in [5, 5.41) is 0.216. The molecule has 1 aromatic carbocycles. The number of ether oxygens (including phenoxy) is 1. The number of furan rings is 1. The Morgan fingerprint density at radius 2 is 2.05 bits per heavy atom. The minimum absolute atomic E-state index is 0.0770. The van der Waals surface area contributed by atoms with Crippen LogP contribution in [0.25, 0.3) is 0 Å². The smallest absolute Gasteiger partial charge is 0.228 e. The minimum atomic E-state index is -0.169. The van der Waals surface area contributed by atoms with Gasteiger partial charge in [-0.1, -0.05) is 13.8 Å². The largest absolute Gasteiger partial charge is 0.492 e. The number of rotatable bonds is 2. The van der Waals surface area contributed by atoms with E-state index in [1.54, 1.807) is 18.2 Å². The number of carbonyl (C=O) groups is 1. The molecule has 98 valence electrons. The summed E-state index contributed by atoms with van der Waals surface area (Å²) in [6, 6.07) is 8.61. The lowest BCUT2D eigenvalue weighted by atomic mass is 9.85. The van der Waals surface area contributed by atoms with Crippen LogP contribution in [-0.4, -0.2) is 12.4 Å². The van der Waals surface area contributed by atoms with Crippen LogP contribution in [0.3, 0.4) is 0 Å². The van der Waals surface area contributed by atoms with Crippen molar-refractivity contribution in [3.8, 4) is 5.75 Å². The second kappa shape index (κ2) is 4.14. The Hall–Kier alpha value is -1.74. The third-order valence-electron chi connectivity index (χ3n) is 3.36. The van der Waals surface area contributed by atoms with E-state index in [0.29, 0.717) is 12.2 Å². The van der Waals surface area contributed by atoms with Gasteiger partial charge < -0.3 is 9.15 Å². The van der Waals surface area contributed by atoms with Gasteiger partial charge in [-0.15, -0.1) is 0 Å². The lowest BCUT2D eigenvalue weighted by Crippen LogP contribution is -2.18. The third-order valence-corrected chi connectivity index (χ3v) is 3.56. The molecule has 2 aromatic rings. The van der Waals surface area contributed by atoms with Crippen LogP contribution in [0.2, 0.25) is 5.22 Å². The fourth-order valence-corrected chi connectivity index (χ4v) is 2.39. The first-order valence-electron chi connectivity index (χ1n) is 6.05. The van der Waals surface area contributed by atoms with Crippen molar-refractivity contribution in [3.63, 3.8) is 0 Å². The lowest BCUT2D eigenvalue weighted by molar-refractivity contribution is 0.101. The lowest BCUT2D eigenvalue weighted by Gasteiger charge is -2.15. The molecule has 3 nitrogen and oxygen atoms in total. The molecule has 1 aliphatic rings. The molecule has 0 aliphatic carbocycles. The molecule has 0 spiro atoms. The zero-order valence-corrected chi connectivity index (χ0v) is 11.5. The van der Waals surface area contributed by atoms with E-state index in [1.807, 2.05) is 12.1 Å². The van der Waals surface area contributed by atoms with Gasteiger partial charge in [-0.3, -0.25) is 4.79 Å². The summed E-state index contributed by atoms with van der Waals surface area (Å²) in [5.74, 6) is 0.929. The molecular weight excluding hydrogens is 264 g/mol. The highest BCUT2D eigenvalue weighted by molar-refractivity contribution is 6.29. The normalized spacial score (nSPS) is 15.9. The van der Waals surface area contributed by atoms with Crippen molar-refractivity contribution in [1.29, 1.82) is 0 Å². The minimum Gasteiger partial charge on any atom is -0.492 e. The van der Waals surface area contributed by atoms with E-state index < -0.39 is 0 Å². The van der Waals surface area contributed by atoms with E-state index in [4.69, 9.17) is 20.8 Å². The molecule has 0 N–H and O–H groups in total. The van der Waals surface area contributed by atoms with Crippen molar-refractivity contribution in [2.45, 2.75) is 19.3 Å². The standard InChI is InChI=1S/C15H13ClO3/c1-15(2)8-18-11-4-3-9(7-10(11)15)14(17)12-5-6-13(16)19-12/h3-7H,8H2,1-2H3. The molecule has 1 aromatic heterocycles. The summed E-state index contributed by atoms with van der Waals surface area (Å²) in [5.41, 5.74) is 1.56. The van der Waals surface area contributed by atoms with E-state index in [1.165, 1.54) is 0 Å². The fraction of sp³-hybridized carbons (Fsp3) is 0.267. The highest BCUT2D eigenvalue weighted by Crippen LogP contribution is 2.39. The van der Waals surface area contributed by atoms with E-state index >= 15 is 0 Å². The molecule has 4 heteroatoms. The van der Waals surface area contributed by atoms with Crippen LogP contribution in [0.1, 0.15) is 35.5 Å². The number of halogens is 1. The first kappa shape index (κ1) is 12.3. The topological polar surface area (TPSA) is 39.4 Å². The van der Waals surface area contributed by atoms with Crippen LogP contribution in [0, 0.1) is 0 Å². The van der Waals surface area contributed by atoms with Crippen molar-refractivity contribution in [1.82, 2.24) is 0 Å². The van der Waals surface area contributed by atoms with Crippen LogP contribution in [0.15, 0.2) is 34.7 Å². The van der Waals surface area contributed by atoms with Gasteiger partial charge in [-0.05, 0) is 41.9 Å². The van der Waals surface area contributed by atoms with Crippen LogP contribution < -0.4 is 4.74 Å². The van der Waals surface area contributed by atoms with Crippen molar-refractivity contribution in [3.05, 3.63) is 52.4 Å². The molecule has 3 rings (SSSR count). The summed E-state index contributed by atoms with van der Waals surface area (Å²) in [4.78, 5) is 12.3. The quantitative estimate of drug-likeness (QED) is 0.783. The Labute approximate surface area is 116 Å². The number of hydrogen-bond donors (Lipinski definition) is 0. The van der Waals surface area contributed by atoms with E-state index in [9.17, 15) is 4.79 Å². The number of fused-ring (bicyclic) bond motifs is 1. The van der Waals surface area contributed by atoms with Gasteiger partial charge in [-0.2, -0.15) is 0 Å². The Morgan fingerprint density at radius 3 is 2.74 bits per heavy atom. The second-order valence-electron chi connectivity index (χ2n) is 5.32. The average molecular weight is 277 g/mol. The van der Waals surface area contributed by atoms with Crippen LogP contribution in [0.5, 0.6) is 5.75 Å². The summed E-state index contributed by atoms with van der Waals surface area (Å²) in [6.45, 7) is 4.82. The van der Waals surface area contributed by atoms with Crippen molar-refractivity contribution >= 4 is 17.4 Å². The van der Waals surface area contributed by atoms with Crippen molar-refractivity contribution in [2.24, 2.45) is 0 Å². The maximum atomic E-state index is 12.3. The molecule has 0 unspecified atom stereocenters. The molecule has 0 amide bonds. The predicted molar refractivity (Wildman–Crippen MR) is 72.1 cm³/mol. The van der Waals surface area contributed by atoms with Crippen LogP contribution in [-0.2, 0) is 5.41 Å². The Bertz CT molecular complexity index is 655. The molecule has 19 heavy (non-hydrogen) atoms. The highest BCUT2D eigenvalue weighted by Gasteiger charge is 2.32. The van der Waals surface area contributed by atoms with Gasteiger partial charge in [0.25, 0.3) is 0 Å². The first-order chi connectivity index (χ1) is 8.97. The SMILES string of the molecule is CC1(C)COc2ccc(C(=O)c3ccc(Cl)o3)cc21. The Morgan fingerprint density at radius 1 is 1.26 bits per heavy atom. The number of hydrogen-bond acceptors (Lipinski definition) is 3. The van der Waals surface area contributed by atoms with E-state index in [2.05, 4.69) is 13.8 Å². The van der Waals surface area contributed by atoms with Gasteiger partial charge in [0.15, 0.2) is 11.0 Å². The molecule has 0 atom stereocenters. The number of ketones is 1. The van der Waals surface area contributed by atoms with E-state index in [0.717, 1.165) is 11.3 Å². The van der Waals surface area contributed by atoms with Gasteiger partial charge in [-0.25, -0.2) is 0 Å². The molecule has 0 bridgehead atoms. The zero-order chi connectivity index (χ0) is 13.6. The van der Waals surface area contributed by atoms with Crippen LogP contribution >= 0.6 is 11.6 Å². The molecule has 0 radical (unpaired) electrons. The van der Waals surface area contributed by atoms with Gasteiger partial charge in [0.1, 0.15) is 5.75 Å². The monoisotopic (exact) mass is 276 g/mol. The molecule has 2 heterocycles. The summed E-state index contributed by atoms with van der Waals surface area (Å²) < 4.78 is 10.8. The van der Waals surface area contributed by atoms with Crippen LogP contribution in [0.4, 0.5) is 0 Å². The number of benzene rings is 1. The molecule has 0 saturated heterocycles. The maximum Gasteiger partial charge on any atom is 0.228 e. The first-order valence-corrected chi connectivity index (χ1v) is 6.42. The third kappa shape index (κ3) is 2.04. The fourth-order valence-electron chi connectivity index (χ4n) is 2.24.